The Balaban J connectivity index is 2.04. The maximum absolute atomic E-state index is 12.7. The number of halogens is 1. The molecule has 1 aliphatic rings. The number of piperidine rings is 1. The van der Waals surface area contributed by atoms with Crippen LogP contribution in [0.25, 0.3) is 0 Å². The van der Waals surface area contributed by atoms with Gasteiger partial charge in [0.2, 0.25) is 5.95 Å². The minimum absolute atomic E-state index is 0.412. The zero-order valence-corrected chi connectivity index (χ0v) is 9.65. The second-order valence-corrected chi connectivity index (χ2v) is 4.37. The number of anilines is 1. The molecule has 88 valence electrons. The molecule has 1 saturated heterocycles. The van der Waals surface area contributed by atoms with E-state index in [9.17, 15) is 4.39 Å². The van der Waals surface area contributed by atoms with Crippen LogP contribution in [-0.4, -0.2) is 27.1 Å². The highest BCUT2D eigenvalue weighted by atomic mass is 19.1. The summed E-state index contributed by atoms with van der Waals surface area (Å²) in [6, 6.07) is 0.912. The smallest absolute Gasteiger partial charge is 0.237 e. The quantitative estimate of drug-likeness (QED) is 0.836. The average molecular weight is 224 g/mol. The van der Waals surface area contributed by atoms with E-state index in [1.54, 1.807) is 0 Å². The van der Waals surface area contributed by atoms with E-state index in [1.807, 2.05) is 0 Å². The Morgan fingerprint density at radius 2 is 1.81 bits per heavy atom. The predicted molar refractivity (Wildman–Crippen MR) is 60.2 cm³/mol. The minimum Gasteiger partial charge on any atom is -0.286 e. The van der Waals surface area contributed by atoms with E-state index in [-0.39, 0.29) is 0 Å². The summed E-state index contributed by atoms with van der Waals surface area (Å²) in [6.45, 7) is 4.35. The van der Waals surface area contributed by atoms with Crippen molar-refractivity contribution in [3.8, 4) is 0 Å². The molecule has 0 radical (unpaired) electrons. The Bertz CT molecular complexity index is 330. The number of hydrogen-bond donors (Lipinski definition) is 1. The Morgan fingerprint density at radius 1 is 1.25 bits per heavy atom. The normalized spacial score (nSPS) is 26.7. The summed E-state index contributed by atoms with van der Waals surface area (Å²) >= 11 is 0. The molecule has 0 aromatic carbocycles. The first-order valence-electron chi connectivity index (χ1n) is 5.69. The number of nitrogens with zero attached hydrogens (tertiary/aromatic N) is 3. The van der Waals surface area contributed by atoms with Gasteiger partial charge in [0.15, 0.2) is 5.82 Å². The number of rotatable bonds is 2. The van der Waals surface area contributed by atoms with Crippen LogP contribution in [-0.2, 0) is 0 Å². The van der Waals surface area contributed by atoms with Gasteiger partial charge in [-0.1, -0.05) is 6.42 Å². The van der Waals surface area contributed by atoms with Crippen LogP contribution in [0.3, 0.4) is 0 Å². The van der Waals surface area contributed by atoms with Crippen LogP contribution >= 0.6 is 0 Å². The van der Waals surface area contributed by atoms with Crippen LogP contribution in [0.5, 0.6) is 0 Å². The SMILES string of the molecule is CC1CCCC(C)N1Nc1ncc(F)cn1. The van der Waals surface area contributed by atoms with E-state index in [2.05, 4.69) is 34.3 Å². The lowest BCUT2D eigenvalue weighted by molar-refractivity contribution is 0.134. The van der Waals surface area contributed by atoms with Gasteiger partial charge in [-0.15, -0.1) is 0 Å². The first-order chi connectivity index (χ1) is 7.66. The Labute approximate surface area is 94.9 Å². The fraction of sp³-hybridized carbons (Fsp3) is 0.636. The van der Waals surface area contributed by atoms with Crippen molar-refractivity contribution in [3.63, 3.8) is 0 Å². The molecule has 1 aromatic rings. The van der Waals surface area contributed by atoms with Gasteiger partial charge in [-0.05, 0) is 26.7 Å². The van der Waals surface area contributed by atoms with E-state index >= 15 is 0 Å². The molecule has 2 atom stereocenters. The Kier molecular flexibility index (Phi) is 3.33. The summed E-state index contributed by atoms with van der Waals surface area (Å²) in [5.74, 6) is 0.0484. The minimum atomic E-state index is -0.412. The van der Waals surface area contributed by atoms with E-state index in [4.69, 9.17) is 0 Å². The molecule has 0 spiro atoms. The second-order valence-electron chi connectivity index (χ2n) is 4.37. The van der Waals surface area contributed by atoms with E-state index in [1.165, 1.54) is 31.7 Å². The van der Waals surface area contributed by atoms with Crippen LogP contribution in [0.15, 0.2) is 12.4 Å². The first kappa shape index (κ1) is 11.3. The summed E-state index contributed by atoms with van der Waals surface area (Å²) in [4.78, 5) is 7.80. The zero-order valence-electron chi connectivity index (χ0n) is 9.65. The molecule has 5 heteroatoms. The lowest BCUT2D eigenvalue weighted by Gasteiger charge is -2.38. The molecule has 1 aliphatic heterocycles. The van der Waals surface area contributed by atoms with Crippen LogP contribution < -0.4 is 5.43 Å². The molecule has 1 aromatic heterocycles. The van der Waals surface area contributed by atoms with Gasteiger partial charge in [0, 0.05) is 12.1 Å². The monoisotopic (exact) mass is 224 g/mol. The third-order valence-electron chi connectivity index (χ3n) is 3.04. The van der Waals surface area contributed by atoms with Gasteiger partial charge in [-0.25, -0.2) is 19.4 Å². The van der Waals surface area contributed by atoms with E-state index < -0.39 is 5.82 Å². The van der Waals surface area contributed by atoms with Gasteiger partial charge in [-0.2, -0.15) is 0 Å². The highest BCUT2D eigenvalue weighted by Gasteiger charge is 2.25. The number of nitrogens with one attached hydrogen (secondary N) is 1. The van der Waals surface area contributed by atoms with Crippen molar-refractivity contribution < 1.29 is 4.39 Å². The molecule has 2 rings (SSSR count). The number of hydrogen-bond acceptors (Lipinski definition) is 4. The first-order valence-corrected chi connectivity index (χ1v) is 5.69. The predicted octanol–water partition coefficient (Wildman–Crippen LogP) is 2.21. The fourth-order valence-electron chi connectivity index (χ4n) is 2.13. The molecule has 0 amide bonds. The molecule has 0 aliphatic carbocycles. The zero-order chi connectivity index (χ0) is 11.5. The summed E-state index contributed by atoms with van der Waals surface area (Å²) < 4.78 is 12.7. The molecule has 1 fully saturated rings. The van der Waals surface area contributed by atoms with Gasteiger partial charge in [0.25, 0.3) is 0 Å². The largest absolute Gasteiger partial charge is 0.286 e. The van der Waals surface area contributed by atoms with Crippen molar-refractivity contribution in [3.05, 3.63) is 18.2 Å². The third-order valence-corrected chi connectivity index (χ3v) is 3.04. The average Bonchev–Trinajstić information content (AvgIpc) is 2.26. The van der Waals surface area contributed by atoms with Crippen LogP contribution in [0.4, 0.5) is 10.3 Å². The van der Waals surface area contributed by atoms with Crippen molar-refractivity contribution in [2.75, 3.05) is 5.43 Å². The maximum Gasteiger partial charge on any atom is 0.237 e. The lowest BCUT2D eigenvalue weighted by Crippen LogP contribution is -2.47. The molecule has 1 N–H and O–H groups in total. The van der Waals surface area contributed by atoms with Crippen molar-refractivity contribution in [2.24, 2.45) is 0 Å². The topological polar surface area (TPSA) is 41.0 Å². The fourth-order valence-corrected chi connectivity index (χ4v) is 2.13. The van der Waals surface area contributed by atoms with Gasteiger partial charge in [0.05, 0.1) is 12.4 Å². The van der Waals surface area contributed by atoms with E-state index in [0.29, 0.717) is 18.0 Å². The van der Waals surface area contributed by atoms with Crippen molar-refractivity contribution in [1.29, 1.82) is 0 Å². The summed E-state index contributed by atoms with van der Waals surface area (Å²) in [5, 5.41) is 2.15. The molecule has 4 nitrogen and oxygen atoms in total. The molecule has 0 saturated carbocycles. The van der Waals surface area contributed by atoms with Crippen LogP contribution in [0.2, 0.25) is 0 Å². The molecule has 2 heterocycles. The standard InChI is InChI=1S/C11H17FN4/c1-8-4-3-5-9(2)16(8)15-11-13-6-10(12)7-14-11/h6-9H,3-5H2,1-2H3,(H,13,14,15). The highest BCUT2D eigenvalue weighted by Crippen LogP contribution is 2.22. The lowest BCUT2D eigenvalue weighted by atomic mass is 10.00. The van der Waals surface area contributed by atoms with Crippen molar-refractivity contribution in [2.45, 2.75) is 45.2 Å². The summed E-state index contributed by atoms with van der Waals surface area (Å²) in [5.41, 5.74) is 3.15. The Morgan fingerprint density at radius 3 is 2.38 bits per heavy atom. The number of aromatic nitrogens is 2. The molecule has 0 bridgehead atoms. The van der Waals surface area contributed by atoms with Gasteiger partial charge in [0.1, 0.15) is 0 Å². The van der Waals surface area contributed by atoms with Crippen LogP contribution in [0, 0.1) is 5.82 Å². The van der Waals surface area contributed by atoms with Crippen molar-refractivity contribution in [1.82, 2.24) is 15.0 Å². The second kappa shape index (κ2) is 4.74. The van der Waals surface area contributed by atoms with Gasteiger partial charge >= 0.3 is 0 Å². The van der Waals surface area contributed by atoms with E-state index in [0.717, 1.165) is 0 Å². The molecule has 16 heavy (non-hydrogen) atoms. The number of hydrazine groups is 1. The molecule has 2 unspecified atom stereocenters. The molecular formula is C11H17FN4. The summed E-state index contributed by atoms with van der Waals surface area (Å²) in [7, 11) is 0. The van der Waals surface area contributed by atoms with Gasteiger partial charge in [-0.3, -0.25) is 5.43 Å². The Hall–Kier alpha value is -1.23. The third kappa shape index (κ3) is 2.47. The van der Waals surface area contributed by atoms with Gasteiger partial charge < -0.3 is 0 Å². The van der Waals surface area contributed by atoms with Crippen LogP contribution in [0.1, 0.15) is 33.1 Å². The summed E-state index contributed by atoms with van der Waals surface area (Å²) in [6.07, 6.45) is 5.94. The maximum atomic E-state index is 12.7. The molecular weight excluding hydrogens is 207 g/mol. The highest BCUT2D eigenvalue weighted by molar-refractivity contribution is 5.21. The van der Waals surface area contributed by atoms with Crippen molar-refractivity contribution >= 4 is 5.95 Å².